The van der Waals surface area contributed by atoms with Crippen LogP contribution in [0.3, 0.4) is 0 Å². The average Bonchev–Trinajstić information content (AvgIpc) is 3.03. The highest BCUT2D eigenvalue weighted by molar-refractivity contribution is 6.40. The maximum absolute atomic E-state index is 12.5. The summed E-state index contributed by atoms with van der Waals surface area (Å²) >= 11 is 12.1. The van der Waals surface area contributed by atoms with Gasteiger partial charge >= 0.3 is 0 Å². The number of amides is 2. The molecule has 0 aliphatic rings. The molecule has 0 aliphatic carbocycles. The second-order valence-corrected chi connectivity index (χ2v) is 6.15. The molecule has 3 N–H and O–H groups in total. The van der Waals surface area contributed by atoms with Gasteiger partial charge in [-0.15, -0.1) is 0 Å². The number of anilines is 2. The number of pyridine rings is 1. The second kappa shape index (κ2) is 7.55. The molecule has 0 atom stereocenters. The van der Waals surface area contributed by atoms with Crippen LogP contribution in [-0.2, 0) is 0 Å². The van der Waals surface area contributed by atoms with Gasteiger partial charge in [0.2, 0.25) is 0 Å². The first kappa shape index (κ1) is 17.9. The molecule has 9 heteroatoms. The average molecular weight is 390 g/mol. The van der Waals surface area contributed by atoms with E-state index in [0.29, 0.717) is 5.69 Å². The molecule has 3 aromatic rings. The Bertz CT molecular complexity index is 967. The van der Waals surface area contributed by atoms with Gasteiger partial charge in [-0.25, -0.2) is 0 Å². The molecule has 0 unspecified atom stereocenters. The molecule has 2 aromatic heterocycles. The van der Waals surface area contributed by atoms with Gasteiger partial charge in [-0.05, 0) is 31.2 Å². The van der Waals surface area contributed by atoms with Crippen LogP contribution in [0.2, 0.25) is 10.0 Å². The molecule has 26 heavy (non-hydrogen) atoms. The molecule has 3 rings (SSSR count). The van der Waals surface area contributed by atoms with Gasteiger partial charge in [0.15, 0.2) is 5.69 Å². The standard InChI is InChI=1S/C17H13Cl2N5O2/c1-9-7-10(5-6-20-9)22-17(26)15-13(8-21-24-15)23-16(25)14-11(18)3-2-4-12(14)19/h2-8H,1H3,(H,21,24)(H,23,25)(H,20,22,26). The van der Waals surface area contributed by atoms with E-state index in [2.05, 4.69) is 25.8 Å². The van der Waals surface area contributed by atoms with E-state index in [1.165, 1.54) is 6.20 Å². The van der Waals surface area contributed by atoms with Crippen LogP contribution in [0.25, 0.3) is 0 Å². The lowest BCUT2D eigenvalue weighted by Crippen LogP contribution is -2.18. The Morgan fingerprint density at radius 2 is 1.81 bits per heavy atom. The van der Waals surface area contributed by atoms with Gasteiger partial charge in [-0.2, -0.15) is 5.10 Å². The monoisotopic (exact) mass is 389 g/mol. The van der Waals surface area contributed by atoms with Crippen molar-refractivity contribution in [3.8, 4) is 0 Å². The maximum Gasteiger partial charge on any atom is 0.278 e. The molecule has 1 aromatic carbocycles. The number of nitrogens with one attached hydrogen (secondary N) is 3. The predicted molar refractivity (Wildman–Crippen MR) is 99.9 cm³/mol. The molecule has 0 spiro atoms. The molecule has 132 valence electrons. The highest BCUT2D eigenvalue weighted by Gasteiger charge is 2.20. The Morgan fingerprint density at radius 3 is 2.50 bits per heavy atom. The molecule has 0 bridgehead atoms. The summed E-state index contributed by atoms with van der Waals surface area (Å²) in [6.45, 7) is 1.81. The number of nitrogens with zero attached hydrogens (tertiary/aromatic N) is 2. The first-order valence-electron chi connectivity index (χ1n) is 7.49. The topological polar surface area (TPSA) is 99.8 Å². The van der Waals surface area contributed by atoms with Crippen LogP contribution in [0.4, 0.5) is 11.4 Å². The minimum atomic E-state index is -0.546. The smallest absolute Gasteiger partial charge is 0.278 e. The Hall–Kier alpha value is -2.90. The van der Waals surface area contributed by atoms with Crippen LogP contribution in [0, 0.1) is 6.92 Å². The van der Waals surface area contributed by atoms with Crippen molar-refractivity contribution < 1.29 is 9.59 Å². The maximum atomic E-state index is 12.5. The molecule has 0 fully saturated rings. The SMILES string of the molecule is Cc1cc(NC(=O)c2n[nH]cc2NC(=O)c2c(Cl)cccc2Cl)ccn1. The predicted octanol–water partition coefficient (Wildman–Crippen LogP) is 3.92. The number of carbonyl (C=O) groups is 2. The van der Waals surface area contributed by atoms with Crippen molar-refractivity contribution in [3.05, 3.63) is 69.7 Å². The molecule has 2 amide bonds. The van der Waals surface area contributed by atoms with Crippen LogP contribution in [0.15, 0.2) is 42.7 Å². The minimum absolute atomic E-state index is 0.0241. The van der Waals surface area contributed by atoms with Crippen molar-refractivity contribution in [2.75, 3.05) is 10.6 Å². The number of rotatable bonds is 4. The highest BCUT2D eigenvalue weighted by Crippen LogP contribution is 2.26. The van der Waals surface area contributed by atoms with E-state index >= 15 is 0 Å². The molecule has 0 saturated carbocycles. The Kier molecular flexibility index (Phi) is 5.20. The number of H-pyrrole nitrogens is 1. The van der Waals surface area contributed by atoms with E-state index in [1.54, 1.807) is 36.5 Å². The number of aromatic amines is 1. The van der Waals surface area contributed by atoms with Crippen molar-refractivity contribution in [1.82, 2.24) is 15.2 Å². The Labute approximate surface area is 158 Å². The lowest BCUT2D eigenvalue weighted by Gasteiger charge is -2.09. The number of benzene rings is 1. The number of halogens is 2. The first-order chi connectivity index (χ1) is 12.5. The lowest BCUT2D eigenvalue weighted by atomic mass is 10.2. The third-order valence-electron chi connectivity index (χ3n) is 3.45. The molecular formula is C17H13Cl2N5O2. The number of aryl methyl sites for hydroxylation is 1. The normalized spacial score (nSPS) is 10.4. The fraction of sp³-hybridized carbons (Fsp3) is 0.0588. The third kappa shape index (κ3) is 3.84. The minimum Gasteiger partial charge on any atom is -0.320 e. The number of hydrogen-bond donors (Lipinski definition) is 3. The van der Waals surface area contributed by atoms with Crippen molar-refractivity contribution in [3.63, 3.8) is 0 Å². The van der Waals surface area contributed by atoms with Gasteiger partial charge in [0.25, 0.3) is 11.8 Å². The third-order valence-corrected chi connectivity index (χ3v) is 4.08. The van der Waals surface area contributed by atoms with E-state index in [-0.39, 0.29) is 27.0 Å². The summed E-state index contributed by atoms with van der Waals surface area (Å²) in [5.74, 6) is -1.03. The van der Waals surface area contributed by atoms with Gasteiger partial charge in [-0.1, -0.05) is 29.3 Å². The summed E-state index contributed by atoms with van der Waals surface area (Å²) in [4.78, 5) is 29.0. The van der Waals surface area contributed by atoms with Crippen LogP contribution >= 0.6 is 23.2 Å². The van der Waals surface area contributed by atoms with Gasteiger partial charge in [0, 0.05) is 23.8 Å². The van der Waals surface area contributed by atoms with Gasteiger partial charge in [0.05, 0.1) is 21.3 Å². The lowest BCUT2D eigenvalue weighted by molar-refractivity contribution is 0.102. The summed E-state index contributed by atoms with van der Waals surface area (Å²) in [7, 11) is 0. The van der Waals surface area contributed by atoms with E-state index < -0.39 is 11.8 Å². The van der Waals surface area contributed by atoms with E-state index in [0.717, 1.165) is 5.69 Å². The summed E-state index contributed by atoms with van der Waals surface area (Å²) < 4.78 is 0. The summed E-state index contributed by atoms with van der Waals surface area (Å²) in [6, 6.07) is 8.11. The number of aromatic nitrogens is 3. The summed E-state index contributed by atoms with van der Waals surface area (Å²) in [5.41, 5.74) is 1.67. The number of hydrogen-bond acceptors (Lipinski definition) is 4. The van der Waals surface area contributed by atoms with Crippen LogP contribution in [0.5, 0.6) is 0 Å². The first-order valence-corrected chi connectivity index (χ1v) is 8.24. The molecule has 0 radical (unpaired) electrons. The number of carbonyl (C=O) groups excluding carboxylic acids is 2. The van der Waals surface area contributed by atoms with Gasteiger partial charge < -0.3 is 10.6 Å². The van der Waals surface area contributed by atoms with Crippen LogP contribution < -0.4 is 10.6 Å². The van der Waals surface area contributed by atoms with Gasteiger partial charge in [0.1, 0.15) is 0 Å². The van der Waals surface area contributed by atoms with Crippen molar-refractivity contribution in [1.29, 1.82) is 0 Å². The van der Waals surface area contributed by atoms with Crippen LogP contribution in [-0.4, -0.2) is 27.0 Å². The molecule has 0 aliphatic heterocycles. The molecular weight excluding hydrogens is 377 g/mol. The summed E-state index contributed by atoms with van der Waals surface area (Å²) in [6.07, 6.45) is 2.98. The van der Waals surface area contributed by atoms with E-state index in [9.17, 15) is 9.59 Å². The fourth-order valence-corrected chi connectivity index (χ4v) is 2.84. The summed E-state index contributed by atoms with van der Waals surface area (Å²) in [5, 5.41) is 12.2. The fourth-order valence-electron chi connectivity index (χ4n) is 2.27. The molecule has 7 nitrogen and oxygen atoms in total. The second-order valence-electron chi connectivity index (χ2n) is 5.34. The molecule has 0 saturated heterocycles. The largest absolute Gasteiger partial charge is 0.320 e. The van der Waals surface area contributed by atoms with Gasteiger partial charge in [-0.3, -0.25) is 19.7 Å². The quantitative estimate of drug-likeness (QED) is 0.629. The van der Waals surface area contributed by atoms with Crippen molar-refractivity contribution >= 4 is 46.4 Å². The zero-order valence-electron chi connectivity index (χ0n) is 13.5. The zero-order chi connectivity index (χ0) is 18.7. The zero-order valence-corrected chi connectivity index (χ0v) is 15.0. The van der Waals surface area contributed by atoms with E-state index in [1.807, 2.05) is 6.92 Å². The molecule has 2 heterocycles. The van der Waals surface area contributed by atoms with Crippen LogP contribution in [0.1, 0.15) is 26.5 Å². The Morgan fingerprint density at radius 1 is 1.08 bits per heavy atom. The van der Waals surface area contributed by atoms with Crippen molar-refractivity contribution in [2.24, 2.45) is 0 Å². The highest BCUT2D eigenvalue weighted by atomic mass is 35.5. The van der Waals surface area contributed by atoms with E-state index in [4.69, 9.17) is 23.2 Å². The van der Waals surface area contributed by atoms with Crippen molar-refractivity contribution in [2.45, 2.75) is 6.92 Å². The Balaban J connectivity index is 1.80.